The van der Waals surface area contributed by atoms with Gasteiger partial charge in [-0.25, -0.2) is 0 Å². The van der Waals surface area contributed by atoms with Gasteiger partial charge in [-0.1, -0.05) is 6.42 Å². The number of carbonyl (C=O) groups excluding carboxylic acids is 1. The van der Waals surface area contributed by atoms with Crippen LogP contribution in [0.15, 0.2) is 17.1 Å². The van der Waals surface area contributed by atoms with E-state index in [4.69, 9.17) is 11.6 Å². The molecule has 2 rings (SSSR count). The lowest BCUT2D eigenvalue weighted by molar-refractivity contribution is 0.0942. The van der Waals surface area contributed by atoms with Crippen molar-refractivity contribution in [1.82, 2.24) is 10.3 Å². The molecule has 19 heavy (non-hydrogen) atoms. The average Bonchev–Trinajstić information content (AvgIpc) is 2.36. The maximum absolute atomic E-state index is 11.9. The third-order valence-corrected chi connectivity index (χ3v) is 3.97. The van der Waals surface area contributed by atoms with E-state index in [2.05, 4.69) is 10.3 Å². The van der Waals surface area contributed by atoms with E-state index in [1.165, 1.54) is 12.3 Å². The zero-order valence-corrected chi connectivity index (χ0v) is 11.8. The van der Waals surface area contributed by atoms with Gasteiger partial charge in [-0.05, 0) is 32.1 Å². The fourth-order valence-corrected chi connectivity index (χ4v) is 2.90. The van der Waals surface area contributed by atoms with Crippen LogP contribution in [0.2, 0.25) is 0 Å². The standard InChI is InChI=1S/C14H19ClN2O2/c1-9-5-13(18)12(8-16-9)14(19)17-7-10-3-2-4-11(15)6-10/h5,8,10-11H,2-4,6-7H2,1H3,(H,16,18)(H,17,19). The van der Waals surface area contributed by atoms with Crippen molar-refractivity contribution in [1.29, 1.82) is 0 Å². The zero-order chi connectivity index (χ0) is 13.8. The summed E-state index contributed by atoms with van der Waals surface area (Å²) in [5.41, 5.74) is 0.676. The van der Waals surface area contributed by atoms with E-state index >= 15 is 0 Å². The van der Waals surface area contributed by atoms with Crippen molar-refractivity contribution in [3.63, 3.8) is 0 Å². The van der Waals surface area contributed by atoms with Crippen molar-refractivity contribution in [3.8, 4) is 0 Å². The van der Waals surface area contributed by atoms with Crippen LogP contribution >= 0.6 is 11.6 Å². The number of pyridine rings is 1. The van der Waals surface area contributed by atoms with Crippen LogP contribution in [-0.2, 0) is 0 Å². The van der Waals surface area contributed by atoms with Crippen molar-refractivity contribution >= 4 is 17.5 Å². The molecule has 4 nitrogen and oxygen atoms in total. The summed E-state index contributed by atoms with van der Waals surface area (Å²) in [7, 11) is 0. The number of halogens is 1. The highest BCUT2D eigenvalue weighted by atomic mass is 35.5. The Morgan fingerprint density at radius 2 is 2.32 bits per heavy atom. The molecule has 0 spiro atoms. The maximum Gasteiger partial charge on any atom is 0.256 e. The van der Waals surface area contributed by atoms with E-state index in [9.17, 15) is 9.59 Å². The number of nitrogens with one attached hydrogen (secondary N) is 2. The summed E-state index contributed by atoms with van der Waals surface area (Å²) in [6.07, 6.45) is 5.67. The van der Waals surface area contributed by atoms with Gasteiger partial charge in [0.25, 0.3) is 5.91 Å². The van der Waals surface area contributed by atoms with Gasteiger partial charge in [-0.3, -0.25) is 9.59 Å². The van der Waals surface area contributed by atoms with Crippen molar-refractivity contribution in [2.75, 3.05) is 6.54 Å². The van der Waals surface area contributed by atoms with E-state index in [0.29, 0.717) is 12.5 Å². The molecule has 1 aliphatic rings. The number of amides is 1. The molecule has 2 N–H and O–H groups in total. The van der Waals surface area contributed by atoms with Crippen LogP contribution in [0.5, 0.6) is 0 Å². The second kappa shape index (κ2) is 6.24. The maximum atomic E-state index is 11.9. The largest absolute Gasteiger partial charge is 0.364 e. The van der Waals surface area contributed by atoms with Gasteiger partial charge in [-0.15, -0.1) is 11.6 Å². The molecule has 1 amide bonds. The predicted molar refractivity (Wildman–Crippen MR) is 75.7 cm³/mol. The van der Waals surface area contributed by atoms with Gasteiger partial charge < -0.3 is 10.3 Å². The van der Waals surface area contributed by atoms with E-state index in [0.717, 1.165) is 31.4 Å². The molecule has 1 aliphatic carbocycles. The van der Waals surface area contributed by atoms with Crippen LogP contribution in [0.4, 0.5) is 0 Å². The van der Waals surface area contributed by atoms with Crippen molar-refractivity contribution in [2.45, 2.75) is 38.0 Å². The average molecular weight is 283 g/mol. The van der Waals surface area contributed by atoms with E-state index in [-0.39, 0.29) is 22.3 Å². The Morgan fingerprint density at radius 3 is 3.00 bits per heavy atom. The minimum absolute atomic E-state index is 0.170. The SMILES string of the molecule is Cc1cc(=O)c(C(=O)NCC2CCCC(Cl)C2)c[nH]1. The van der Waals surface area contributed by atoms with Gasteiger partial charge in [0.2, 0.25) is 0 Å². The first-order valence-corrected chi connectivity index (χ1v) is 7.11. The molecule has 5 heteroatoms. The Morgan fingerprint density at radius 1 is 1.53 bits per heavy atom. The molecule has 1 saturated carbocycles. The molecule has 104 valence electrons. The van der Waals surface area contributed by atoms with Gasteiger partial charge in [0.1, 0.15) is 5.56 Å². The second-order valence-corrected chi connectivity index (χ2v) is 5.85. The van der Waals surface area contributed by atoms with E-state index in [1.54, 1.807) is 6.92 Å². The Labute approximate surface area is 117 Å². The summed E-state index contributed by atoms with van der Waals surface area (Å²) in [4.78, 5) is 26.5. The molecule has 1 heterocycles. The number of H-pyrrole nitrogens is 1. The zero-order valence-electron chi connectivity index (χ0n) is 11.0. The summed E-state index contributed by atoms with van der Waals surface area (Å²) >= 11 is 6.12. The topological polar surface area (TPSA) is 62.0 Å². The summed E-state index contributed by atoms with van der Waals surface area (Å²) in [5.74, 6) is 0.114. The minimum Gasteiger partial charge on any atom is -0.364 e. The van der Waals surface area contributed by atoms with Crippen LogP contribution < -0.4 is 10.7 Å². The van der Waals surface area contributed by atoms with Gasteiger partial charge >= 0.3 is 0 Å². The first-order chi connectivity index (χ1) is 9.06. The second-order valence-electron chi connectivity index (χ2n) is 5.23. The van der Waals surface area contributed by atoms with Crippen LogP contribution in [0.1, 0.15) is 41.7 Å². The number of carbonyl (C=O) groups is 1. The van der Waals surface area contributed by atoms with Crippen LogP contribution in [-0.4, -0.2) is 22.8 Å². The van der Waals surface area contributed by atoms with Gasteiger partial charge in [-0.2, -0.15) is 0 Å². The summed E-state index contributed by atoms with van der Waals surface area (Å²) in [6, 6.07) is 1.43. The molecule has 0 saturated heterocycles. The van der Waals surface area contributed by atoms with Crippen molar-refractivity contribution in [2.24, 2.45) is 5.92 Å². The lowest BCUT2D eigenvalue weighted by atomic mass is 9.89. The number of aryl methyl sites for hydroxylation is 1. The fourth-order valence-electron chi connectivity index (χ4n) is 2.49. The molecule has 1 aromatic rings. The number of rotatable bonds is 3. The molecular formula is C14H19ClN2O2. The monoisotopic (exact) mass is 282 g/mol. The fraction of sp³-hybridized carbons (Fsp3) is 0.571. The Hall–Kier alpha value is -1.29. The van der Waals surface area contributed by atoms with Crippen molar-refractivity contribution in [3.05, 3.63) is 33.7 Å². The lowest BCUT2D eigenvalue weighted by Crippen LogP contribution is -2.34. The number of alkyl halides is 1. The van der Waals surface area contributed by atoms with Crippen molar-refractivity contribution < 1.29 is 4.79 Å². The highest BCUT2D eigenvalue weighted by Gasteiger charge is 2.21. The molecule has 0 aromatic carbocycles. The number of hydrogen-bond acceptors (Lipinski definition) is 2. The summed E-state index contributed by atoms with van der Waals surface area (Å²) < 4.78 is 0. The number of aromatic nitrogens is 1. The molecule has 0 aliphatic heterocycles. The van der Waals surface area contributed by atoms with Gasteiger partial charge in [0, 0.05) is 29.9 Å². The van der Waals surface area contributed by atoms with Crippen LogP contribution in [0.25, 0.3) is 0 Å². The lowest BCUT2D eigenvalue weighted by Gasteiger charge is -2.25. The quantitative estimate of drug-likeness (QED) is 0.835. The highest BCUT2D eigenvalue weighted by Crippen LogP contribution is 2.27. The molecule has 2 atom stereocenters. The summed E-state index contributed by atoms with van der Waals surface area (Å²) in [5, 5.41) is 3.05. The highest BCUT2D eigenvalue weighted by molar-refractivity contribution is 6.20. The third-order valence-electron chi connectivity index (χ3n) is 3.57. The molecule has 1 fully saturated rings. The summed E-state index contributed by atoms with van der Waals surface area (Å²) in [6.45, 7) is 2.38. The third kappa shape index (κ3) is 3.83. The Balaban J connectivity index is 1.92. The number of hydrogen-bond donors (Lipinski definition) is 2. The normalized spacial score (nSPS) is 23.1. The minimum atomic E-state index is -0.307. The van der Waals surface area contributed by atoms with Crippen LogP contribution in [0.3, 0.4) is 0 Å². The van der Waals surface area contributed by atoms with Gasteiger partial charge in [0.05, 0.1) is 0 Å². The molecule has 0 radical (unpaired) electrons. The Bertz CT molecular complexity index is 512. The molecule has 0 bridgehead atoms. The smallest absolute Gasteiger partial charge is 0.256 e. The Kier molecular flexibility index (Phi) is 4.64. The first kappa shape index (κ1) is 14.1. The predicted octanol–water partition coefficient (Wildman–Crippen LogP) is 2.21. The van der Waals surface area contributed by atoms with Gasteiger partial charge in [0.15, 0.2) is 5.43 Å². The first-order valence-electron chi connectivity index (χ1n) is 6.68. The van der Waals surface area contributed by atoms with E-state index in [1.807, 2.05) is 0 Å². The molecular weight excluding hydrogens is 264 g/mol. The number of aromatic amines is 1. The molecule has 2 unspecified atom stereocenters. The van der Waals surface area contributed by atoms with Crippen LogP contribution in [0, 0.1) is 12.8 Å². The molecule has 1 aromatic heterocycles. The van der Waals surface area contributed by atoms with E-state index < -0.39 is 0 Å².